The molecule has 2 aliphatic rings. The summed E-state index contributed by atoms with van der Waals surface area (Å²) in [7, 11) is -1.83. The third kappa shape index (κ3) is 7.11. The number of nitrogens with one attached hydrogen (secondary N) is 1. The highest BCUT2D eigenvalue weighted by atomic mass is 32.2. The maximum atomic E-state index is 12.9. The average Bonchev–Trinajstić information content (AvgIpc) is 2.66. The molecule has 29 heavy (non-hydrogen) atoms. The van der Waals surface area contributed by atoms with Crippen LogP contribution in [0.15, 0.2) is 0 Å². The monoisotopic (exact) mass is 432 g/mol. The number of rotatable bonds is 6. The number of piperazine rings is 1. The molecule has 0 spiro atoms. The summed E-state index contributed by atoms with van der Waals surface area (Å²) in [6, 6.07) is 0.0762. The Labute approximate surface area is 174 Å². The van der Waals surface area contributed by atoms with Crippen molar-refractivity contribution in [2.75, 3.05) is 39.8 Å². The molecule has 1 saturated carbocycles. The Hall–Kier alpha value is -1.39. The first-order valence-electron chi connectivity index (χ1n) is 10.5. The van der Waals surface area contributed by atoms with Gasteiger partial charge in [-0.3, -0.25) is 4.79 Å². The molecular formula is C19H36N4O5S. The Bertz CT molecular complexity index is 663. The van der Waals surface area contributed by atoms with Crippen molar-refractivity contribution in [1.29, 1.82) is 0 Å². The predicted octanol–water partition coefficient (Wildman–Crippen LogP) is 1.55. The van der Waals surface area contributed by atoms with Gasteiger partial charge in [-0.1, -0.05) is 19.3 Å². The molecule has 1 aliphatic carbocycles. The van der Waals surface area contributed by atoms with Gasteiger partial charge in [0.25, 0.3) is 10.2 Å². The number of amides is 2. The second kappa shape index (κ2) is 10.1. The minimum Gasteiger partial charge on any atom is -0.444 e. The molecule has 0 bridgehead atoms. The lowest BCUT2D eigenvalue weighted by Gasteiger charge is -2.38. The molecule has 2 fully saturated rings. The van der Waals surface area contributed by atoms with Gasteiger partial charge in [0.1, 0.15) is 5.60 Å². The molecule has 1 heterocycles. The lowest BCUT2D eigenvalue weighted by Crippen LogP contribution is -2.55. The summed E-state index contributed by atoms with van der Waals surface area (Å²) in [5, 5.41) is 2.57. The van der Waals surface area contributed by atoms with Gasteiger partial charge in [0.2, 0.25) is 5.91 Å². The summed E-state index contributed by atoms with van der Waals surface area (Å²) in [6.07, 6.45) is 4.76. The number of carbonyl (C=O) groups is 2. The fraction of sp³-hybridized carbons (Fsp3) is 0.895. The van der Waals surface area contributed by atoms with E-state index in [0.717, 1.165) is 25.7 Å². The lowest BCUT2D eigenvalue weighted by atomic mass is 9.96. The molecule has 168 valence electrons. The van der Waals surface area contributed by atoms with Crippen molar-refractivity contribution in [2.45, 2.75) is 70.9 Å². The molecule has 1 saturated heterocycles. The summed E-state index contributed by atoms with van der Waals surface area (Å²) in [5.41, 5.74) is -0.583. The largest absolute Gasteiger partial charge is 0.444 e. The molecule has 9 nitrogen and oxygen atoms in total. The third-order valence-electron chi connectivity index (χ3n) is 5.38. The smallest absolute Gasteiger partial charge is 0.407 e. The van der Waals surface area contributed by atoms with E-state index in [4.69, 9.17) is 4.74 Å². The quantitative estimate of drug-likeness (QED) is 0.687. The third-order valence-corrected chi connectivity index (χ3v) is 7.42. The molecule has 10 heteroatoms. The van der Waals surface area contributed by atoms with Gasteiger partial charge in [-0.05, 0) is 33.6 Å². The van der Waals surface area contributed by atoms with Gasteiger partial charge < -0.3 is 15.0 Å². The standard InChI is InChI=1S/C19H36N4O5S/c1-19(2,3)28-18(25)20-11-10-17(24)22-12-14-23(15-13-22)29(26,27)21(4)16-8-6-5-7-9-16/h16H,5-15H2,1-4H3,(H,20,25). The van der Waals surface area contributed by atoms with E-state index >= 15 is 0 Å². The number of hydrogen-bond acceptors (Lipinski definition) is 5. The van der Waals surface area contributed by atoms with Crippen LogP contribution in [0.5, 0.6) is 0 Å². The van der Waals surface area contributed by atoms with E-state index < -0.39 is 21.9 Å². The molecule has 1 aliphatic heterocycles. The number of nitrogens with zero attached hydrogens (tertiary/aromatic N) is 3. The second-order valence-electron chi connectivity index (χ2n) is 8.77. The summed E-state index contributed by atoms with van der Waals surface area (Å²) in [4.78, 5) is 25.6. The maximum Gasteiger partial charge on any atom is 0.407 e. The number of carbonyl (C=O) groups excluding carboxylic acids is 2. The van der Waals surface area contributed by atoms with E-state index in [2.05, 4.69) is 5.32 Å². The maximum absolute atomic E-state index is 12.9. The number of ether oxygens (including phenoxy) is 1. The van der Waals surface area contributed by atoms with Gasteiger partial charge >= 0.3 is 6.09 Å². The zero-order valence-electron chi connectivity index (χ0n) is 18.1. The first-order chi connectivity index (χ1) is 13.5. The summed E-state index contributed by atoms with van der Waals surface area (Å²) in [5.74, 6) is -0.0984. The molecule has 0 unspecified atom stereocenters. The van der Waals surface area contributed by atoms with Gasteiger partial charge in [-0.25, -0.2) is 4.79 Å². The van der Waals surface area contributed by atoms with Gasteiger partial charge in [0.15, 0.2) is 0 Å². The zero-order valence-corrected chi connectivity index (χ0v) is 19.0. The Morgan fingerprint density at radius 1 is 1.07 bits per heavy atom. The van der Waals surface area contributed by atoms with E-state index in [0.29, 0.717) is 26.2 Å². The molecule has 0 radical (unpaired) electrons. The minimum absolute atomic E-state index is 0.0762. The van der Waals surface area contributed by atoms with Crippen LogP contribution in [0.3, 0.4) is 0 Å². The Balaban J connectivity index is 1.76. The molecule has 2 amide bonds. The van der Waals surface area contributed by atoms with Crippen LogP contribution in [0.4, 0.5) is 4.79 Å². The van der Waals surface area contributed by atoms with Crippen LogP contribution in [0.25, 0.3) is 0 Å². The van der Waals surface area contributed by atoms with Crippen molar-refractivity contribution in [1.82, 2.24) is 18.8 Å². The van der Waals surface area contributed by atoms with Crippen LogP contribution in [-0.4, -0.2) is 85.3 Å². The van der Waals surface area contributed by atoms with E-state index in [-0.39, 0.29) is 24.9 Å². The van der Waals surface area contributed by atoms with Crippen molar-refractivity contribution in [2.24, 2.45) is 0 Å². The second-order valence-corrected chi connectivity index (χ2v) is 10.8. The van der Waals surface area contributed by atoms with Crippen molar-refractivity contribution < 1.29 is 22.7 Å². The summed E-state index contributed by atoms with van der Waals surface area (Å²) in [6.45, 7) is 6.84. The van der Waals surface area contributed by atoms with Crippen molar-refractivity contribution >= 4 is 22.2 Å². The summed E-state index contributed by atoms with van der Waals surface area (Å²) < 4.78 is 34.0. The first kappa shape index (κ1) is 23.9. The SMILES string of the molecule is CN(C1CCCCC1)S(=O)(=O)N1CCN(C(=O)CCNC(=O)OC(C)(C)C)CC1. The van der Waals surface area contributed by atoms with Crippen LogP contribution in [0, 0.1) is 0 Å². The number of hydrogen-bond donors (Lipinski definition) is 1. The van der Waals surface area contributed by atoms with Gasteiger partial charge in [-0.15, -0.1) is 0 Å². The minimum atomic E-state index is -3.50. The lowest BCUT2D eigenvalue weighted by molar-refractivity contribution is -0.132. The van der Waals surface area contributed by atoms with Gasteiger partial charge in [0, 0.05) is 52.2 Å². The highest BCUT2D eigenvalue weighted by Crippen LogP contribution is 2.25. The molecule has 1 N–H and O–H groups in total. The fourth-order valence-corrected chi connectivity index (χ4v) is 5.30. The Morgan fingerprint density at radius 2 is 1.66 bits per heavy atom. The van der Waals surface area contributed by atoms with Gasteiger partial charge in [-0.2, -0.15) is 17.0 Å². The zero-order chi connectivity index (χ0) is 21.7. The van der Waals surface area contributed by atoms with E-state index in [1.807, 2.05) is 0 Å². The van der Waals surface area contributed by atoms with Crippen LogP contribution in [0.2, 0.25) is 0 Å². The highest BCUT2D eigenvalue weighted by Gasteiger charge is 2.35. The molecule has 0 aromatic rings. The van der Waals surface area contributed by atoms with E-state index in [9.17, 15) is 18.0 Å². The topological polar surface area (TPSA) is 99.3 Å². The molecule has 0 aromatic carbocycles. The van der Waals surface area contributed by atoms with Crippen molar-refractivity contribution in [3.05, 3.63) is 0 Å². The average molecular weight is 433 g/mol. The van der Waals surface area contributed by atoms with Crippen molar-refractivity contribution in [3.63, 3.8) is 0 Å². The molecule has 0 aromatic heterocycles. The fourth-order valence-electron chi connectivity index (χ4n) is 3.73. The Morgan fingerprint density at radius 3 is 2.21 bits per heavy atom. The number of alkyl carbamates (subject to hydrolysis) is 1. The van der Waals surface area contributed by atoms with E-state index in [1.54, 1.807) is 32.7 Å². The van der Waals surface area contributed by atoms with Crippen LogP contribution in [0.1, 0.15) is 59.3 Å². The first-order valence-corrected chi connectivity index (χ1v) is 11.9. The van der Waals surface area contributed by atoms with Crippen molar-refractivity contribution in [3.8, 4) is 0 Å². The Kier molecular flexibility index (Phi) is 8.30. The van der Waals surface area contributed by atoms with Crippen LogP contribution >= 0.6 is 0 Å². The normalized spacial score (nSPS) is 20.0. The van der Waals surface area contributed by atoms with Gasteiger partial charge in [0.05, 0.1) is 0 Å². The van der Waals surface area contributed by atoms with E-state index in [1.165, 1.54) is 15.0 Å². The van der Waals surface area contributed by atoms with Crippen LogP contribution < -0.4 is 5.32 Å². The molecule has 0 atom stereocenters. The molecule has 2 rings (SSSR count). The van der Waals surface area contributed by atoms with Crippen LogP contribution in [-0.2, 0) is 19.7 Å². The highest BCUT2D eigenvalue weighted by molar-refractivity contribution is 7.86. The molecular weight excluding hydrogens is 396 g/mol. The predicted molar refractivity (Wildman–Crippen MR) is 111 cm³/mol. The summed E-state index contributed by atoms with van der Waals surface area (Å²) >= 11 is 0.